The molecule has 2 rings (SSSR count). The number of aryl methyl sites for hydroxylation is 1. The van der Waals surface area contributed by atoms with Gasteiger partial charge in [-0.3, -0.25) is 0 Å². The smallest absolute Gasteiger partial charge is 0.233 e. The van der Waals surface area contributed by atoms with E-state index in [-0.39, 0.29) is 5.02 Å². The van der Waals surface area contributed by atoms with Crippen LogP contribution in [0.5, 0.6) is 11.6 Å². The van der Waals surface area contributed by atoms with Crippen molar-refractivity contribution in [3.63, 3.8) is 0 Å². The highest BCUT2D eigenvalue weighted by atomic mass is 79.9. The van der Waals surface area contributed by atoms with Crippen molar-refractivity contribution in [2.24, 2.45) is 0 Å². The van der Waals surface area contributed by atoms with Gasteiger partial charge in [0.25, 0.3) is 0 Å². The van der Waals surface area contributed by atoms with Crippen LogP contribution in [0.4, 0.5) is 4.39 Å². The average molecular weight is 395 g/mol. The number of halogens is 4. The molecule has 0 fully saturated rings. The molecule has 0 N–H and O–H groups in total. The first-order valence-electron chi connectivity index (χ1n) is 4.92. The van der Waals surface area contributed by atoms with E-state index in [1.807, 2.05) is 13.0 Å². The molecule has 0 atom stereocenters. The van der Waals surface area contributed by atoms with Crippen LogP contribution in [0.2, 0.25) is 5.02 Å². The van der Waals surface area contributed by atoms with Gasteiger partial charge in [0.15, 0.2) is 0 Å². The molecule has 0 aliphatic rings. The summed E-state index contributed by atoms with van der Waals surface area (Å²) in [6.07, 6.45) is 1.62. The highest BCUT2D eigenvalue weighted by Crippen LogP contribution is 2.36. The molecule has 0 radical (unpaired) electrons. The van der Waals surface area contributed by atoms with Crippen LogP contribution in [0.3, 0.4) is 0 Å². The van der Waals surface area contributed by atoms with E-state index in [0.29, 0.717) is 16.1 Å². The molecule has 0 spiro atoms. The number of benzene rings is 1. The van der Waals surface area contributed by atoms with Crippen molar-refractivity contribution in [2.45, 2.75) is 6.92 Å². The van der Waals surface area contributed by atoms with Crippen LogP contribution in [0.1, 0.15) is 5.56 Å². The second kappa shape index (κ2) is 5.55. The Morgan fingerprint density at radius 3 is 2.78 bits per heavy atom. The van der Waals surface area contributed by atoms with E-state index < -0.39 is 5.82 Å². The maximum Gasteiger partial charge on any atom is 0.233 e. The molecule has 1 aromatic carbocycles. The Morgan fingerprint density at radius 2 is 2.06 bits per heavy atom. The minimum atomic E-state index is -0.543. The molecule has 0 unspecified atom stereocenters. The van der Waals surface area contributed by atoms with Gasteiger partial charge in [0.1, 0.15) is 11.6 Å². The second-order valence-electron chi connectivity index (χ2n) is 3.55. The van der Waals surface area contributed by atoms with Gasteiger partial charge in [0.05, 0.1) is 14.0 Å². The molecule has 0 saturated carbocycles. The first-order chi connectivity index (χ1) is 8.49. The lowest BCUT2D eigenvalue weighted by molar-refractivity contribution is 0.451. The first-order valence-corrected chi connectivity index (χ1v) is 6.89. The third kappa shape index (κ3) is 2.84. The van der Waals surface area contributed by atoms with Crippen molar-refractivity contribution in [3.05, 3.63) is 49.7 Å². The summed E-state index contributed by atoms with van der Waals surface area (Å²) in [5.41, 5.74) is 0.977. The van der Waals surface area contributed by atoms with Crippen LogP contribution in [0.25, 0.3) is 0 Å². The molecule has 94 valence electrons. The zero-order valence-electron chi connectivity index (χ0n) is 9.18. The maximum absolute atomic E-state index is 13.4. The first kappa shape index (κ1) is 13.8. The van der Waals surface area contributed by atoms with Crippen LogP contribution < -0.4 is 4.74 Å². The third-order valence-corrected chi connectivity index (χ3v) is 4.11. The van der Waals surface area contributed by atoms with Gasteiger partial charge in [-0.05, 0) is 56.5 Å². The molecule has 0 amide bonds. The number of pyridine rings is 1. The minimum absolute atomic E-state index is 0.0329. The Labute approximate surface area is 125 Å². The van der Waals surface area contributed by atoms with E-state index in [1.165, 1.54) is 12.1 Å². The molecular formula is C12H7Br2ClFNO. The topological polar surface area (TPSA) is 22.1 Å². The summed E-state index contributed by atoms with van der Waals surface area (Å²) in [4.78, 5) is 4.08. The van der Waals surface area contributed by atoms with Gasteiger partial charge < -0.3 is 4.74 Å². The predicted molar refractivity (Wildman–Crippen MR) is 75.9 cm³/mol. The molecule has 0 aliphatic heterocycles. The van der Waals surface area contributed by atoms with Crippen LogP contribution in [-0.2, 0) is 0 Å². The summed E-state index contributed by atoms with van der Waals surface area (Å²) < 4.78 is 20.2. The Morgan fingerprint density at radius 1 is 1.33 bits per heavy atom. The molecule has 2 nitrogen and oxygen atoms in total. The number of ether oxygens (including phenoxy) is 1. The van der Waals surface area contributed by atoms with Crippen LogP contribution in [0.15, 0.2) is 33.3 Å². The van der Waals surface area contributed by atoms with E-state index in [9.17, 15) is 4.39 Å². The quantitative estimate of drug-likeness (QED) is 0.627. The molecular weight excluding hydrogens is 388 g/mol. The largest absolute Gasteiger partial charge is 0.437 e. The van der Waals surface area contributed by atoms with Crippen molar-refractivity contribution < 1.29 is 9.13 Å². The van der Waals surface area contributed by atoms with Gasteiger partial charge in [-0.25, -0.2) is 9.37 Å². The van der Waals surface area contributed by atoms with Crippen LogP contribution in [-0.4, -0.2) is 4.98 Å². The maximum atomic E-state index is 13.4. The molecule has 0 bridgehead atoms. The summed E-state index contributed by atoms with van der Waals surface area (Å²) in [6.45, 7) is 1.91. The zero-order valence-corrected chi connectivity index (χ0v) is 13.1. The van der Waals surface area contributed by atoms with E-state index in [1.54, 1.807) is 6.20 Å². The standard InChI is InChI=1S/C12H7Br2ClFNO/c1-6-2-3-17-12(11(6)14)18-10-5-9(16)8(15)4-7(10)13/h2-5H,1H3. The number of nitrogens with zero attached hydrogens (tertiary/aromatic N) is 1. The normalized spacial score (nSPS) is 10.5. The number of rotatable bonds is 2. The lowest BCUT2D eigenvalue weighted by Crippen LogP contribution is -1.92. The average Bonchev–Trinajstić information content (AvgIpc) is 2.32. The van der Waals surface area contributed by atoms with Crippen molar-refractivity contribution in [2.75, 3.05) is 0 Å². The minimum Gasteiger partial charge on any atom is -0.437 e. The van der Waals surface area contributed by atoms with Gasteiger partial charge in [0, 0.05) is 12.3 Å². The molecule has 0 saturated heterocycles. The van der Waals surface area contributed by atoms with E-state index in [0.717, 1.165) is 10.0 Å². The van der Waals surface area contributed by atoms with Crippen LogP contribution >= 0.6 is 43.5 Å². The predicted octanol–water partition coefficient (Wildman–Crippen LogP) is 5.50. The zero-order chi connectivity index (χ0) is 13.3. The lowest BCUT2D eigenvalue weighted by atomic mass is 10.3. The van der Waals surface area contributed by atoms with Crippen molar-refractivity contribution in [1.29, 1.82) is 0 Å². The van der Waals surface area contributed by atoms with Gasteiger partial charge in [-0.1, -0.05) is 11.6 Å². The van der Waals surface area contributed by atoms with Gasteiger partial charge in [-0.15, -0.1) is 0 Å². The lowest BCUT2D eigenvalue weighted by Gasteiger charge is -2.10. The molecule has 18 heavy (non-hydrogen) atoms. The Kier molecular flexibility index (Phi) is 4.25. The SMILES string of the molecule is Cc1ccnc(Oc2cc(F)c(Cl)cc2Br)c1Br. The number of hydrogen-bond donors (Lipinski definition) is 0. The molecule has 1 aromatic heterocycles. The van der Waals surface area contributed by atoms with Crippen LogP contribution in [0, 0.1) is 12.7 Å². The molecule has 6 heteroatoms. The number of aromatic nitrogens is 1. The van der Waals surface area contributed by atoms with Gasteiger partial charge >= 0.3 is 0 Å². The van der Waals surface area contributed by atoms with Crippen molar-refractivity contribution in [1.82, 2.24) is 4.98 Å². The Bertz CT molecular complexity index is 607. The van der Waals surface area contributed by atoms with Crippen molar-refractivity contribution >= 4 is 43.5 Å². The fourth-order valence-electron chi connectivity index (χ4n) is 1.27. The summed E-state index contributed by atoms with van der Waals surface area (Å²) >= 11 is 12.3. The highest BCUT2D eigenvalue weighted by molar-refractivity contribution is 9.11. The van der Waals surface area contributed by atoms with Crippen molar-refractivity contribution in [3.8, 4) is 11.6 Å². The monoisotopic (exact) mass is 393 g/mol. The Hall–Kier alpha value is -0.650. The van der Waals surface area contributed by atoms with Gasteiger partial charge in [0.2, 0.25) is 5.88 Å². The molecule has 0 aliphatic carbocycles. The van der Waals surface area contributed by atoms with E-state index >= 15 is 0 Å². The fourth-order valence-corrected chi connectivity index (χ4v) is 2.31. The summed E-state index contributed by atoms with van der Waals surface area (Å²) in [7, 11) is 0. The summed E-state index contributed by atoms with van der Waals surface area (Å²) in [5, 5.41) is 0.0329. The van der Waals surface area contributed by atoms with E-state index in [2.05, 4.69) is 36.8 Å². The Balaban J connectivity index is 2.40. The van der Waals surface area contributed by atoms with E-state index in [4.69, 9.17) is 16.3 Å². The van der Waals surface area contributed by atoms with Gasteiger partial charge in [-0.2, -0.15) is 0 Å². The fraction of sp³-hybridized carbons (Fsp3) is 0.0833. The summed E-state index contributed by atoms with van der Waals surface area (Å²) in [5.74, 6) is 0.145. The molecule has 2 aromatic rings. The third-order valence-electron chi connectivity index (χ3n) is 2.23. The highest BCUT2D eigenvalue weighted by Gasteiger charge is 2.12. The summed E-state index contributed by atoms with van der Waals surface area (Å²) in [6, 6.07) is 4.49. The molecule has 1 heterocycles. The second-order valence-corrected chi connectivity index (χ2v) is 5.60. The number of hydrogen-bond acceptors (Lipinski definition) is 2.